The van der Waals surface area contributed by atoms with Gasteiger partial charge in [0.15, 0.2) is 0 Å². The third kappa shape index (κ3) is 3.75. The van der Waals surface area contributed by atoms with Gasteiger partial charge in [0.2, 0.25) is 5.91 Å². The molecule has 1 aliphatic heterocycles. The predicted molar refractivity (Wildman–Crippen MR) is 92.1 cm³/mol. The Labute approximate surface area is 142 Å². The molecule has 3 heterocycles. The molecule has 1 unspecified atom stereocenters. The molecule has 0 spiro atoms. The number of hydrogen-bond donors (Lipinski definition) is 1. The van der Waals surface area contributed by atoms with Crippen LogP contribution in [0, 0.1) is 0 Å². The molecule has 128 valence electrons. The van der Waals surface area contributed by atoms with Gasteiger partial charge in [0.1, 0.15) is 11.9 Å². The predicted octanol–water partition coefficient (Wildman–Crippen LogP) is 3.09. The van der Waals surface area contributed by atoms with Crippen molar-refractivity contribution in [1.29, 1.82) is 0 Å². The van der Waals surface area contributed by atoms with E-state index in [1.54, 1.807) is 12.4 Å². The van der Waals surface area contributed by atoms with Crippen LogP contribution in [0.15, 0.2) is 42.8 Å². The fraction of sp³-hybridized carbons (Fsp3) is 0.500. The normalized spacial score (nSPS) is 17.5. The lowest BCUT2D eigenvalue weighted by Crippen LogP contribution is -2.31. The number of nitrogens with one attached hydrogen (secondary N) is 1. The number of aromatic amines is 1. The highest BCUT2D eigenvalue weighted by Gasteiger charge is 2.34. The first-order valence-electron chi connectivity index (χ1n) is 8.75. The number of carbonyl (C=O) groups excluding carboxylic acids is 1. The van der Waals surface area contributed by atoms with Crippen LogP contribution < -0.4 is 0 Å². The van der Waals surface area contributed by atoms with E-state index < -0.39 is 0 Å². The molecule has 0 bridgehead atoms. The Hall–Kier alpha value is -2.37. The van der Waals surface area contributed by atoms with Crippen LogP contribution >= 0.6 is 0 Å². The zero-order valence-corrected chi connectivity index (χ0v) is 14.2. The van der Waals surface area contributed by atoms with Gasteiger partial charge in [-0.15, -0.1) is 0 Å². The molecule has 1 aliphatic rings. The van der Waals surface area contributed by atoms with Crippen molar-refractivity contribution in [2.24, 2.45) is 0 Å². The minimum absolute atomic E-state index is 0.0351. The Morgan fingerprint density at radius 1 is 1.21 bits per heavy atom. The van der Waals surface area contributed by atoms with Crippen LogP contribution in [0.1, 0.15) is 50.9 Å². The maximum Gasteiger partial charge on any atom is 0.247 e. The Kier molecular flexibility index (Phi) is 5.46. The number of nitrogens with zero attached hydrogens (tertiary/aromatic N) is 4. The van der Waals surface area contributed by atoms with Crippen LogP contribution in [-0.4, -0.2) is 36.9 Å². The van der Waals surface area contributed by atoms with Gasteiger partial charge in [0.05, 0.1) is 6.33 Å². The molecule has 3 rings (SSSR count). The third-order valence-corrected chi connectivity index (χ3v) is 4.48. The van der Waals surface area contributed by atoms with E-state index in [-0.39, 0.29) is 11.9 Å². The Bertz CT molecular complexity index is 660. The second-order valence-electron chi connectivity index (χ2n) is 6.24. The van der Waals surface area contributed by atoms with Gasteiger partial charge in [-0.3, -0.25) is 4.79 Å². The average molecular weight is 327 g/mol. The minimum Gasteiger partial charge on any atom is -0.347 e. The maximum atomic E-state index is 12.5. The van der Waals surface area contributed by atoms with E-state index in [9.17, 15) is 4.79 Å². The third-order valence-electron chi connectivity index (χ3n) is 4.48. The van der Waals surface area contributed by atoms with Crippen molar-refractivity contribution < 1.29 is 4.79 Å². The zero-order valence-electron chi connectivity index (χ0n) is 14.2. The summed E-state index contributed by atoms with van der Waals surface area (Å²) in [5, 5.41) is 0. The highest BCUT2D eigenvalue weighted by Crippen LogP contribution is 2.35. The molecule has 1 atom stereocenters. The second-order valence-corrected chi connectivity index (χ2v) is 6.24. The van der Waals surface area contributed by atoms with E-state index in [1.807, 2.05) is 34.3 Å². The Morgan fingerprint density at radius 3 is 2.83 bits per heavy atom. The summed E-state index contributed by atoms with van der Waals surface area (Å²) in [6.07, 6.45) is 16.3. The summed E-state index contributed by atoms with van der Waals surface area (Å²) in [4.78, 5) is 26.1. The number of imidazole rings is 2. The van der Waals surface area contributed by atoms with E-state index >= 15 is 0 Å². The molecule has 0 saturated heterocycles. The number of rotatable bonds is 9. The second kappa shape index (κ2) is 7.95. The van der Waals surface area contributed by atoms with Crippen molar-refractivity contribution in [2.45, 2.75) is 51.6 Å². The molecule has 24 heavy (non-hydrogen) atoms. The topological polar surface area (TPSA) is 66.8 Å². The van der Waals surface area contributed by atoms with Crippen LogP contribution in [0.3, 0.4) is 0 Å². The van der Waals surface area contributed by atoms with E-state index in [4.69, 9.17) is 0 Å². The summed E-state index contributed by atoms with van der Waals surface area (Å²) in [5.74, 6) is 0.972. The summed E-state index contributed by atoms with van der Waals surface area (Å²) in [7, 11) is 0. The fourth-order valence-corrected chi connectivity index (χ4v) is 3.27. The highest BCUT2D eigenvalue weighted by molar-refractivity contribution is 5.92. The number of unbranched alkanes of at least 4 members (excludes halogenated alkanes) is 2. The molecule has 1 amide bonds. The molecule has 0 aromatic carbocycles. The van der Waals surface area contributed by atoms with Crippen LogP contribution in [-0.2, 0) is 11.3 Å². The van der Waals surface area contributed by atoms with Gasteiger partial charge in [-0.2, -0.15) is 0 Å². The largest absolute Gasteiger partial charge is 0.347 e. The van der Waals surface area contributed by atoms with E-state index in [2.05, 4.69) is 21.9 Å². The SMILES string of the molecule is CCCCCC1=CC(=O)N(CCCn2ccnc2)C1c1ncc[nH]1. The first-order valence-corrected chi connectivity index (χ1v) is 8.75. The number of carbonyl (C=O) groups is 1. The van der Waals surface area contributed by atoms with Gasteiger partial charge in [-0.25, -0.2) is 9.97 Å². The average Bonchev–Trinajstić information content (AvgIpc) is 3.30. The van der Waals surface area contributed by atoms with Crippen molar-refractivity contribution in [3.8, 4) is 0 Å². The summed E-state index contributed by atoms with van der Waals surface area (Å²) in [5.41, 5.74) is 1.19. The van der Waals surface area contributed by atoms with Gasteiger partial charge in [-0.1, -0.05) is 19.8 Å². The van der Waals surface area contributed by atoms with Gasteiger partial charge in [-0.05, 0) is 24.8 Å². The summed E-state index contributed by atoms with van der Waals surface area (Å²) >= 11 is 0. The van der Waals surface area contributed by atoms with Crippen LogP contribution in [0.5, 0.6) is 0 Å². The van der Waals surface area contributed by atoms with Gasteiger partial charge < -0.3 is 14.5 Å². The monoisotopic (exact) mass is 327 g/mol. The zero-order chi connectivity index (χ0) is 16.8. The molecule has 0 saturated carbocycles. The van der Waals surface area contributed by atoms with Crippen LogP contribution in [0.4, 0.5) is 0 Å². The van der Waals surface area contributed by atoms with E-state index in [0.29, 0.717) is 0 Å². The molecule has 6 nitrogen and oxygen atoms in total. The number of aromatic nitrogens is 4. The first-order chi connectivity index (χ1) is 11.8. The lowest BCUT2D eigenvalue weighted by molar-refractivity contribution is -0.126. The van der Waals surface area contributed by atoms with Gasteiger partial charge in [0.25, 0.3) is 0 Å². The standard InChI is InChI=1S/C18H25N5O/c1-2-3-4-6-15-13-16(24)23(17(15)18-20-7-8-21-18)11-5-10-22-12-9-19-14-22/h7-9,12-14,17H,2-6,10-11H2,1H3,(H,20,21). The van der Waals surface area contributed by atoms with Crippen LogP contribution in [0.2, 0.25) is 0 Å². The van der Waals surface area contributed by atoms with E-state index in [1.165, 1.54) is 18.4 Å². The molecule has 1 N–H and O–H groups in total. The highest BCUT2D eigenvalue weighted by atomic mass is 16.2. The van der Waals surface area contributed by atoms with Gasteiger partial charge >= 0.3 is 0 Å². The summed E-state index contributed by atoms with van der Waals surface area (Å²) < 4.78 is 2.04. The van der Waals surface area contributed by atoms with Crippen molar-refractivity contribution in [3.05, 3.63) is 48.6 Å². The van der Waals surface area contributed by atoms with Crippen molar-refractivity contribution >= 4 is 5.91 Å². The molecular formula is C18H25N5O. The molecule has 2 aromatic rings. The number of amides is 1. The number of hydrogen-bond acceptors (Lipinski definition) is 3. The minimum atomic E-state index is -0.0351. The first kappa shape index (κ1) is 16.5. The summed E-state index contributed by atoms with van der Waals surface area (Å²) in [6.45, 7) is 3.77. The fourth-order valence-electron chi connectivity index (χ4n) is 3.27. The molecule has 0 aliphatic carbocycles. The van der Waals surface area contributed by atoms with Crippen LogP contribution in [0.25, 0.3) is 0 Å². The van der Waals surface area contributed by atoms with Crippen molar-refractivity contribution in [2.75, 3.05) is 6.54 Å². The lowest BCUT2D eigenvalue weighted by Gasteiger charge is -2.26. The molecule has 0 fully saturated rings. The Balaban J connectivity index is 1.66. The molecule has 2 aromatic heterocycles. The summed E-state index contributed by atoms with van der Waals surface area (Å²) in [6, 6.07) is -0.0351. The quantitative estimate of drug-likeness (QED) is 0.720. The van der Waals surface area contributed by atoms with E-state index in [0.717, 1.165) is 38.2 Å². The van der Waals surface area contributed by atoms with Gasteiger partial charge in [0, 0.05) is 44.0 Å². The molecule has 6 heteroatoms. The lowest BCUT2D eigenvalue weighted by atomic mass is 10.0. The smallest absolute Gasteiger partial charge is 0.247 e. The maximum absolute atomic E-state index is 12.5. The molecular weight excluding hydrogens is 302 g/mol. The number of aryl methyl sites for hydroxylation is 1. The Morgan fingerprint density at radius 2 is 2.12 bits per heavy atom. The molecule has 0 radical (unpaired) electrons. The number of H-pyrrole nitrogens is 1. The van der Waals surface area contributed by atoms with Crippen molar-refractivity contribution in [3.63, 3.8) is 0 Å². The van der Waals surface area contributed by atoms with Crippen molar-refractivity contribution in [1.82, 2.24) is 24.4 Å².